The predicted molar refractivity (Wildman–Crippen MR) is 321 cm³/mol. The van der Waals surface area contributed by atoms with Crippen LogP contribution < -0.4 is 18.9 Å². The molecular weight excluding hydrogens is 993 g/mol. The van der Waals surface area contributed by atoms with Crippen LogP contribution >= 0.6 is 0 Å². The van der Waals surface area contributed by atoms with Gasteiger partial charge in [-0.1, -0.05) is 59.2 Å². The van der Waals surface area contributed by atoms with E-state index < -0.39 is 0 Å². The lowest BCUT2D eigenvalue weighted by atomic mass is 9.98. The van der Waals surface area contributed by atoms with Gasteiger partial charge in [-0.2, -0.15) is 10.5 Å². The van der Waals surface area contributed by atoms with Crippen LogP contribution in [-0.4, -0.2) is 46.7 Å². The van der Waals surface area contributed by atoms with Crippen molar-refractivity contribution in [2.75, 3.05) is 28.4 Å². The summed E-state index contributed by atoms with van der Waals surface area (Å²) in [4.78, 5) is 0. The molecule has 0 unspecified atom stereocenters. The molecular formula is C69H48N6O5. The van der Waals surface area contributed by atoms with E-state index >= 15 is 0 Å². The average Bonchev–Trinajstić information content (AvgIpc) is 4.46. The van der Waals surface area contributed by atoms with E-state index in [-0.39, 0.29) is 0 Å². The number of hydrogen-bond acceptors (Lipinski definition) is 7. The SMILES string of the molecule is COc1ccc2c(c1)c1cc(OC)ccc1n2-c1c(C#N)c(-n2c3ccc(C)cc3c3cc(OC)ccc32)c(-n2c3ccc(C)cc3c3ccc4c5ccccc5oc4c32)c(C#N)c1-n1c2ccc(C)cc2c2cc(OC)ccc21. The molecule has 0 aliphatic rings. The van der Waals surface area contributed by atoms with Crippen LogP contribution in [0.5, 0.6) is 23.0 Å². The van der Waals surface area contributed by atoms with Crippen molar-refractivity contribution in [1.82, 2.24) is 18.3 Å². The number of aryl methyl sites for hydroxylation is 3. The quantitative estimate of drug-likeness (QED) is 0.149. The molecule has 5 aromatic heterocycles. The van der Waals surface area contributed by atoms with Crippen molar-refractivity contribution in [3.8, 4) is 57.9 Å². The van der Waals surface area contributed by atoms with Gasteiger partial charge in [-0.05, 0) is 142 Å². The molecule has 0 aliphatic heterocycles. The van der Waals surface area contributed by atoms with Crippen molar-refractivity contribution in [2.45, 2.75) is 20.8 Å². The van der Waals surface area contributed by atoms with Gasteiger partial charge in [-0.3, -0.25) is 0 Å². The smallest absolute Gasteiger partial charge is 0.160 e. The number of hydrogen-bond donors (Lipinski definition) is 0. The van der Waals surface area contributed by atoms with Gasteiger partial charge in [0.15, 0.2) is 5.58 Å². The molecule has 0 aliphatic carbocycles. The predicted octanol–water partition coefficient (Wildman–Crippen LogP) is 16.7. The van der Waals surface area contributed by atoms with E-state index in [1.54, 1.807) is 28.4 Å². The minimum atomic E-state index is 0.309. The third-order valence-electron chi connectivity index (χ3n) is 16.4. The number of furan rings is 1. The second-order valence-electron chi connectivity index (χ2n) is 20.7. The van der Waals surface area contributed by atoms with Crippen LogP contribution in [0.4, 0.5) is 0 Å². The molecule has 384 valence electrons. The average molecular weight is 1040 g/mol. The van der Waals surface area contributed by atoms with Crippen molar-refractivity contribution < 1.29 is 23.4 Å². The topological polar surface area (TPSA) is 117 Å². The van der Waals surface area contributed by atoms with E-state index in [0.29, 0.717) is 62.5 Å². The second-order valence-corrected chi connectivity index (χ2v) is 20.7. The lowest BCUT2D eigenvalue weighted by Gasteiger charge is -2.27. The maximum absolute atomic E-state index is 12.9. The summed E-state index contributed by atoms with van der Waals surface area (Å²) in [7, 11) is 6.67. The summed E-state index contributed by atoms with van der Waals surface area (Å²) >= 11 is 0. The van der Waals surface area contributed by atoms with E-state index in [2.05, 4.69) is 148 Å². The number of ether oxygens (including phenoxy) is 4. The van der Waals surface area contributed by atoms with E-state index in [0.717, 1.165) is 120 Å². The van der Waals surface area contributed by atoms with Gasteiger partial charge in [0.1, 0.15) is 51.8 Å². The molecule has 11 nitrogen and oxygen atoms in total. The summed E-state index contributed by atoms with van der Waals surface area (Å²) in [6, 6.07) is 61.7. The largest absolute Gasteiger partial charge is 0.497 e. The molecule has 10 aromatic carbocycles. The first-order valence-corrected chi connectivity index (χ1v) is 26.4. The second kappa shape index (κ2) is 17.2. The number of aromatic nitrogens is 4. The zero-order valence-corrected chi connectivity index (χ0v) is 44.8. The fourth-order valence-electron chi connectivity index (χ4n) is 12.9. The van der Waals surface area contributed by atoms with E-state index in [4.69, 9.17) is 23.4 Å². The highest BCUT2D eigenvalue weighted by molar-refractivity contribution is 6.23. The summed E-state index contributed by atoms with van der Waals surface area (Å²) in [6.45, 7) is 6.27. The number of nitrogens with zero attached hydrogens (tertiary/aromatic N) is 6. The molecule has 0 saturated heterocycles. The third-order valence-corrected chi connectivity index (χ3v) is 16.4. The fraction of sp³-hybridized carbons (Fsp3) is 0.101. The van der Waals surface area contributed by atoms with Gasteiger partial charge in [-0.15, -0.1) is 0 Å². The first kappa shape index (κ1) is 46.7. The van der Waals surface area contributed by atoms with Gasteiger partial charge in [0.05, 0.1) is 95.3 Å². The Balaban J connectivity index is 1.28. The summed E-state index contributed by atoms with van der Waals surface area (Å²) < 4.78 is 39.5. The van der Waals surface area contributed by atoms with Gasteiger partial charge in [0.25, 0.3) is 0 Å². The molecule has 11 heteroatoms. The van der Waals surface area contributed by atoms with Crippen LogP contribution in [-0.2, 0) is 0 Å². The van der Waals surface area contributed by atoms with E-state index in [1.165, 1.54) is 0 Å². The third kappa shape index (κ3) is 6.34. The first-order chi connectivity index (χ1) is 39.1. The van der Waals surface area contributed by atoms with E-state index in [1.807, 2.05) is 66.7 Å². The molecule has 0 atom stereocenters. The van der Waals surface area contributed by atoms with Crippen LogP contribution in [0.15, 0.2) is 168 Å². The number of benzene rings is 10. The molecule has 0 amide bonds. The highest BCUT2D eigenvalue weighted by Crippen LogP contribution is 2.51. The van der Waals surface area contributed by atoms with Crippen LogP contribution in [0.25, 0.3) is 132 Å². The minimum Gasteiger partial charge on any atom is -0.497 e. The van der Waals surface area contributed by atoms with Gasteiger partial charge >= 0.3 is 0 Å². The van der Waals surface area contributed by atoms with Crippen LogP contribution in [0, 0.1) is 43.4 Å². The number of rotatable bonds is 8. The van der Waals surface area contributed by atoms with Crippen molar-refractivity contribution in [2.24, 2.45) is 0 Å². The van der Waals surface area contributed by atoms with Crippen LogP contribution in [0.3, 0.4) is 0 Å². The molecule has 0 saturated carbocycles. The van der Waals surface area contributed by atoms with Gasteiger partial charge in [-0.25, -0.2) is 0 Å². The van der Waals surface area contributed by atoms with Gasteiger partial charge < -0.3 is 41.6 Å². The van der Waals surface area contributed by atoms with Crippen molar-refractivity contribution in [1.29, 1.82) is 10.5 Å². The Morgan fingerprint density at radius 3 is 1.05 bits per heavy atom. The number of fused-ring (bicyclic) bond motifs is 16. The molecule has 15 rings (SSSR count). The number of nitriles is 2. The maximum atomic E-state index is 12.9. The Labute approximate surface area is 457 Å². The standard InChI is InChI=1S/C69H48N6O5/c1-37-14-23-62-47(28-37)45-19-20-46-44-10-8-9-11-63(44)80-69(46)68(45)75(62)67-55(36-71)65(72-56-21-12-38(2)29-48(56)50-31-40(76-4)15-24-58(50)72)64(74-60-26-17-42(78-6)33-52(60)53-34-43(79-7)18-27-61(53)74)54(35-70)66(67)73-57-22-13-39(3)30-49(57)51-32-41(77-5)16-25-59(51)73/h8-34H,1-7H3. The Hall–Kier alpha value is -10.6. The minimum absolute atomic E-state index is 0.309. The van der Waals surface area contributed by atoms with Crippen molar-refractivity contribution in [3.63, 3.8) is 0 Å². The number of methoxy groups -OCH3 is 4. The zero-order valence-electron chi connectivity index (χ0n) is 44.8. The molecule has 5 heterocycles. The van der Waals surface area contributed by atoms with Crippen LogP contribution in [0.2, 0.25) is 0 Å². The fourth-order valence-corrected chi connectivity index (χ4v) is 12.9. The zero-order chi connectivity index (χ0) is 54.4. The highest BCUT2D eigenvalue weighted by Gasteiger charge is 2.35. The lowest BCUT2D eigenvalue weighted by molar-refractivity contribution is 0.415. The molecule has 0 radical (unpaired) electrons. The van der Waals surface area contributed by atoms with Crippen molar-refractivity contribution >= 4 is 109 Å². The normalized spacial score (nSPS) is 11.9. The van der Waals surface area contributed by atoms with Crippen molar-refractivity contribution in [3.05, 3.63) is 192 Å². The van der Waals surface area contributed by atoms with Gasteiger partial charge in [0, 0.05) is 53.9 Å². The Bertz CT molecular complexity index is 5260. The molecule has 0 fully saturated rings. The Kier molecular flexibility index (Phi) is 10.0. The van der Waals surface area contributed by atoms with Gasteiger partial charge in [0.2, 0.25) is 0 Å². The molecule has 0 bridgehead atoms. The Morgan fingerprint density at radius 1 is 0.338 bits per heavy atom. The summed E-state index contributed by atoms with van der Waals surface area (Å²) in [5, 5.41) is 35.1. The first-order valence-electron chi connectivity index (χ1n) is 26.4. The maximum Gasteiger partial charge on any atom is 0.160 e. The Morgan fingerprint density at radius 2 is 0.662 bits per heavy atom. The molecule has 80 heavy (non-hydrogen) atoms. The number of para-hydroxylation sites is 1. The summed E-state index contributed by atoms with van der Waals surface area (Å²) in [5.74, 6) is 2.70. The molecule has 0 N–H and O–H groups in total. The summed E-state index contributed by atoms with van der Waals surface area (Å²) in [5.41, 5.74) is 13.6. The summed E-state index contributed by atoms with van der Waals surface area (Å²) in [6.07, 6.45) is 0. The molecule has 15 aromatic rings. The molecule has 0 spiro atoms. The van der Waals surface area contributed by atoms with E-state index in [9.17, 15) is 10.5 Å². The highest BCUT2D eigenvalue weighted by atomic mass is 16.5. The van der Waals surface area contributed by atoms with Crippen LogP contribution in [0.1, 0.15) is 27.8 Å². The lowest BCUT2D eigenvalue weighted by Crippen LogP contribution is -2.16. The monoisotopic (exact) mass is 1040 g/mol.